The second-order valence-corrected chi connectivity index (χ2v) is 8.07. The number of carbonyl (C=O) groups excluding carboxylic acids is 2. The molecule has 0 fully saturated rings. The highest BCUT2D eigenvalue weighted by Gasteiger charge is 2.17. The minimum absolute atomic E-state index is 0.0353. The van der Waals surface area contributed by atoms with Crippen LogP contribution < -0.4 is 25.9 Å². The van der Waals surface area contributed by atoms with Crippen molar-refractivity contribution >= 4 is 34.5 Å². The van der Waals surface area contributed by atoms with Crippen molar-refractivity contribution in [2.24, 2.45) is 0 Å². The molecule has 3 rings (SSSR count). The van der Waals surface area contributed by atoms with Crippen molar-refractivity contribution in [3.63, 3.8) is 0 Å². The Morgan fingerprint density at radius 3 is 2.36 bits per heavy atom. The number of rotatable bonds is 9. The Hall–Kier alpha value is -3.53. The zero-order valence-corrected chi connectivity index (χ0v) is 19.5. The van der Waals surface area contributed by atoms with Crippen LogP contribution in [0.5, 0.6) is 11.5 Å². The number of amides is 2. The van der Waals surface area contributed by atoms with Gasteiger partial charge in [-0.1, -0.05) is 49.0 Å². The summed E-state index contributed by atoms with van der Waals surface area (Å²) in [6.45, 7) is 2.16. The van der Waals surface area contributed by atoms with E-state index < -0.39 is 5.91 Å². The molecule has 174 valence electrons. The number of nitrogens with zero attached hydrogens (tertiary/aromatic N) is 2. The molecule has 2 amide bonds. The number of hydrazine groups is 1. The summed E-state index contributed by atoms with van der Waals surface area (Å²) < 4.78 is 12.2. The summed E-state index contributed by atoms with van der Waals surface area (Å²) in [4.78, 5) is 41.8. The molecule has 1 aromatic heterocycles. The average Bonchev–Trinajstić information content (AvgIpc) is 2.83. The Bertz CT molecular complexity index is 1200. The summed E-state index contributed by atoms with van der Waals surface area (Å²) in [6.07, 6.45) is 0.999. The van der Waals surface area contributed by atoms with Crippen molar-refractivity contribution in [3.05, 3.63) is 58.4 Å². The van der Waals surface area contributed by atoms with Gasteiger partial charge in [-0.25, -0.2) is 4.98 Å². The van der Waals surface area contributed by atoms with Crippen molar-refractivity contribution in [2.75, 3.05) is 20.0 Å². The minimum atomic E-state index is -0.405. The first-order chi connectivity index (χ1) is 16.0. The first-order valence-electron chi connectivity index (χ1n) is 10.4. The van der Waals surface area contributed by atoms with E-state index in [0.29, 0.717) is 40.4 Å². The van der Waals surface area contributed by atoms with E-state index in [9.17, 15) is 14.4 Å². The van der Waals surface area contributed by atoms with Crippen molar-refractivity contribution in [2.45, 2.75) is 31.5 Å². The molecule has 0 spiro atoms. The summed E-state index contributed by atoms with van der Waals surface area (Å²) in [5.41, 5.74) is 5.84. The molecule has 0 aliphatic carbocycles. The summed E-state index contributed by atoms with van der Waals surface area (Å²) in [5.74, 6) is 0.175. The highest BCUT2D eigenvalue weighted by Crippen LogP contribution is 2.31. The fourth-order valence-corrected chi connectivity index (χ4v) is 3.94. The van der Waals surface area contributed by atoms with Crippen LogP contribution >= 0.6 is 11.8 Å². The zero-order valence-electron chi connectivity index (χ0n) is 18.7. The molecule has 0 saturated heterocycles. The smallest absolute Gasteiger partial charge is 0.262 e. The molecular formula is C23H26N4O5S. The van der Waals surface area contributed by atoms with Gasteiger partial charge < -0.3 is 9.47 Å². The van der Waals surface area contributed by atoms with Crippen LogP contribution in [-0.2, 0) is 16.1 Å². The molecule has 10 heteroatoms. The van der Waals surface area contributed by atoms with Crippen LogP contribution in [0.3, 0.4) is 0 Å². The molecule has 33 heavy (non-hydrogen) atoms. The van der Waals surface area contributed by atoms with Gasteiger partial charge in [0.15, 0.2) is 16.7 Å². The summed E-state index contributed by atoms with van der Waals surface area (Å²) in [6, 6.07) is 12.7. The molecule has 0 aliphatic rings. The number of thioether (sulfide) groups is 1. The van der Waals surface area contributed by atoms with E-state index in [1.54, 1.807) is 12.1 Å². The minimum Gasteiger partial charge on any atom is -0.493 e. The molecule has 3 aromatic rings. The van der Waals surface area contributed by atoms with Gasteiger partial charge in [0.05, 0.1) is 37.4 Å². The number of carbonyl (C=O) groups is 2. The molecule has 9 nitrogen and oxygen atoms in total. The number of ether oxygens (including phenoxy) is 2. The van der Waals surface area contributed by atoms with Crippen LogP contribution in [0.15, 0.2) is 52.4 Å². The molecule has 0 aliphatic heterocycles. The lowest BCUT2D eigenvalue weighted by Crippen LogP contribution is -2.42. The first kappa shape index (κ1) is 24.1. The molecule has 1 heterocycles. The number of benzene rings is 2. The van der Waals surface area contributed by atoms with Gasteiger partial charge in [-0.05, 0) is 18.1 Å². The van der Waals surface area contributed by atoms with Gasteiger partial charge in [0.2, 0.25) is 11.8 Å². The van der Waals surface area contributed by atoms with E-state index in [2.05, 4.69) is 15.8 Å². The largest absolute Gasteiger partial charge is 0.493 e. The normalized spacial score (nSPS) is 10.6. The van der Waals surface area contributed by atoms with E-state index in [1.165, 1.54) is 18.8 Å². The Morgan fingerprint density at radius 1 is 1.03 bits per heavy atom. The van der Waals surface area contributed by atoms with Gasteiger partial charge in [0.1, 0.15) is 0 Å². The summed E-state index contributed by atoms with van der Waals surface area (Å²) in [7, 11) is 3.01. The number of nitrogens with one attached hydrogen (secondary N) is 2. The number of aromatic nitrogens is 2. The lowest BCUT2D eigenvalue weighted by atomic mass is 10.2. The van der Waals surface area contributed by atoms with Crippen LogP contribution in [0.1, 0.15) is 25.3 Å². The fraction of sp³-hybridized carbons (Fsp3) is 0.304. The van der Waals surface area contributed by atoms with Crippen molar-refractivity contribution in [3.8, 4) is 11.5 Å². The third-order valence-electron chi connectivity index (χ3n) is 4.76. The highest BCUT2D eigenvalue weighted by atomic mass is 32.2. The topological polar surface area (TPSA) is 112 Å². The molecule has 0 bridgehead atoms. The Balaban J connectivity index is 1.94. The Morgan fingerprint density at radius 2 is 1.70 bits per heavy atom. The van der Waals surface area contributed by atoms with Gasteiger partial charge in [0, 0.05) is 12.5 Å². The molecular weight excluding hydrogens is 444 g/mol. The Kier molecular flexibility index (Phi) is 8.31. The van der Waals surface area contributed by atoms with E-state index >= 15 is 0 Å². The van der Waals surface area contributed by atoms with Crippen LogP contribution in [0.4, 0.5) is 0 Å². The maximum Gasteiger partial charge on any atom is 0.262 e. The van der Waals surface area contributed by atoms with Crippen LogP contribution in [-0.4, -0.2) is 41.3 Å². The molecule has 0 atom stereocenters. The van der Waals surface area contributed by atoms with Crippen molar-refractivity contribution in [1.82, 2.24) is 20.4 Å². The van der Waals surface area contributed by atoms with Crippen molar-refractivity contribution < 1.29 is 19.1 Å². The zero-order chi connectivity index (χ0) is 23.8. The van der Waals surface area contributed by atoms with Gasteiger partial charge in [-0.15, -0.1) is 0 Å². The molecule has 2 aromatic carbocycles. The molecule has 0 saturated carbocycles. The van der Waals surface area contributed by atoms with E-state index in [-0.39, 0.29) is 23.8 Å². The summed E-state index contributed by atoms with van der Waals surface area (Å²) >= 11 is 1.11. The van der Waals surface area contributed by atoms with Crippen molar-refractivity contribution in [1.29, 1.82) is 0 Å². The lowest BCUT2D eigenvalue weighted by molar-refractivity contribution is -0.127. The van der Waals surface area contributed by atoms with Crippen LogP contribution in [0.2, 0.25) is 0 Å². The maximum atomic E-state index is 13.4. The first-order valence-corrected chi connectivity index (χ1v) is 11.4. The van der Waals surface area contributed by atoms with E-state index in [4.69, 9.17) is 9.47 Å². The standard InChI is InChI=1S/C23H26N4O5S/c1-4-8-20(28)25-26-21(29)14-33-23-24-17-12-19(32-3)18(31-2)11-16(17)22(30)27(23)13-15-9-6-5-7-10-15/h5-7,9-12H,4,8,13-14H2,1-3H3,(H,25,28)(H,26,29). The molecule has 2 N–H and O–H groups in total. The van der Waals surface area contributed by atoms with Gasteiger partial charge in [-0.2, -0.15) is 0 Å². The van der Waals surface area contributed by atoms with Gasteiger partial charge in [-0.3, -0.25) is 29.8 Å². The molecule has 0 unspecified atom stereocenters. The monoisotopic (exact) mass is 470 g/mol. The number of hydrogen-bond acceptors (Lipinski definition) is 7. The second-order valence-electron chi connectivity index (χ2n) is 7.13. The predicted octanol–water partition coefficient (Wildman–Crippen LogP) is 2.50. The van der Waals surface area contributed by atoms with E-state index in [1.807, 2.05) is 37.3 Å². The third kappa shape index (κ3) is 6.04. The second kappa shape index (κ2) is 11.4. The predicted molar refractivity (Wildman–Crippen MR) is 127 cm³/mol. The lowest BCUT2D eigenvalue weighted by Gasteiger charge is -2.15. The number of hydrogen-bond donors (Lipinski definition) is 2. The van der Waals surface area contributed by atoms with Gasteiger partial charge in [0.25, 0.3) is 5.56 Å². The fourth-order valence-electron chi connectivity index (χ4n) is 3.14. The van der Waals surface area contributed by atoms with E-state index in [0.717, 1.165) is 17.3 Å². The maximum absolute atomic E-state index is 13.4. The highest BCUT2D eigenvalue weighted by molar-refractivity contribution is 7.99. The van der Waals surface area contributed by atoms with Crippen LogP contribution in [0.25, 0.3) is 10.9 Å². The third-order valence-corrected chi connectivity index (χ3v) is 5.74. The van der Waals surface area contributed by atoms with Crippen LogP contribution in [0, 0.1) is 0 Å². The quantitative estimate of drug-likeness (QED) is 0.281. The van der Waals surface area contributed by atoms with Gasteiger partial charge >= 0.3 is 0 Å². The molecule has 0 radical (unpaired) electrons. The Labute approximate surface area is 195 Å². The number of methoxy groups -OCH3 is 2. The average molecular weight is 471 g/mol. The number of fused-ring (bicyclic) bond motifs is 1. The SMILES string of the molecule is CCCC(=O)NNC(=O)CSc1nc2cc(OC)c(OC)cc2c(=O)n1Cc1ccccc1. The summed E-state index contributed by atoms with van der Waals surface area (Å²) in [5, 5.41) is 0.753.